The van der Waals surface area contributed by atoms with Crippen LogP contribution in [-0.4, -0.2) is 52.4 Å². The molecule has 1 saturated carbocycles. The normalized spacial score (nSPS) is 19.4. The summed E-state index contributed by atoms with van der Waals surface area (Å²) in [6.45, 7) is 2.36. The highest BCUT2D eigenvalue weighted by atomic mass is 35.5. The Balaban J connectivity index is 1.35. The van der Waals surface area contributed by atoms with Crippen LogP contribution in [-0.2, 0) is 27.4 Å². The lowest BCUT2D eigenvalue weighted by atomic mass is 10.1. The van der Waals surface area contributed by atoms with Gasteiger partial charge in [-0.3, -0.25) is 14.4 Å². The van der Waals surface area contributed by atoms with Crippen molar-refractivity contribution in [3.63, 3.8) is 0 Å². The Hall–Kier alpha value is -3.23. The summed E-state index contributed by atoms with van der Waals surface area (Å²) in [6, 6.07) is 11.2. The third-order valence-electron chi connectivity index (χ3n) is 7.13. The second-order valence-corrected chi connectivity index (χ2v) is 10.2. The number of nitrogens with one attached hydrogen (secondary N) is 1. The summed E-state index contributed by atoms with van der Waals surface area (Å²) < 4.78 is 22.2. The van der Waals surface area contributed by atoms with Crippen molar-refractivity contribution in [1.29, 1.82) is 0 Å². The minimum Gasteiger partial charge on any atom is -0.375 e. The number of carbonyl (C=O) groups excluding carboxylic acids is 3. The maximum Gasteiger partial charge on any atom is 0.245 e. The molecule has 3 aromatic rings. The lowest BCUT2D eigenvalue weighted by molar-refractivity contribution is -0.142. The van der Waals surface area contributed by atoms with E-state index >= 15 is 0 Å². The van der Waals surface area contributed by atoms with Crippen LogP contribution in [0.15, 0.2) is 48.7 Å². The SMILES string of the molecule is CC(=O)c1cn(CC(=O)N2CC[C@@H](OCC3CC3)[C@H]2C(=O)NCc2cccc(Cl)c2F)c2ccccc12. The van der Waals surface area contributed by atoms with Gasteiger partial charge in [-0.2, -0.15) is 0 Å². The maximum absolute atomic E-state index is 14.4. The molecule has 0 unspecified atom stereocenters. The van der Waals surface area contributed by atoms with Gasteiger partial charge in [0.25, 0.3) is 0 Å². The third kappa shape index (κ3) is 5.40. The number of ether oxygens (including phenoxy) is 1. The summed E-state index contributed by atoms with van der Waals surface area (Å²) >= 11 is 5.88. The van der Waals surface area contributed by atoms with Crippen molar-refractivity contribution in [3.8, 4) is 0 Å². The molecular formula is C28H29ClFN3O4. The van der Waals surface area contributed by atoms with Crippen LogP contribution in [0.25, 0.3) is 10.9 Å². The molecule has 1 N–H and O–H groups in total. The molecule has 2 atom stereocenters. The number of nitrogens with zero attached hydrogens (tertiary/aromatic N) is 2. The van der Waals surface area contributed by atoms with Crippen LogP contribution in [0.3, 0.4) is 0 Å². The van der Waals surface area contributed by atoms with E-state index in [0.717, 1.165) is 23.7 Å². The van der Waals surface area contributed by atoms with E-state index in [9.17, 15) is 18.8 Å². The van der Waals surface area contributed by atoms with Crippen LogP contribution in [0.2, 0.25) is 5.02 Å². The summed E-state index contributed by atoms with van der Waals surface area (Å²) in [5, 5.41) is 3.55. The van der Waals surface area contributed by atoms with Gasteiger partial charge in [-0.05, 0) is 44.2 Å². The van der Waals surface area contributed by atoms with Gasteiger partial charge in [0, 0.05) is 47.9 Å². The molecule has 2 aliphatic rings. The number of benzene rings is 2. The Morgan fingerprint density at radius 1 is 1.11 bits per heavy atom. The summed E-state index contributed by atoms with van der Waals surface area (Å²) in [5.74, 6) is -0.797. The van der Waals surface area contributed by atoms with Gasteiger partial charge < -0.3 is 19.5 Å². The molecule has 5 rings (SSSR count). The quantitative estimate of drug-likeness (QED) is 0.421. The van der Waals surface area contributed by atoms with Gasteiger partial charge in [0.2, 0.25) is 11.8 Å². The molecule has 194 valence electrons. The topological polar surface area (TPSA) is 80.6 Å². The van der Waals surface area contributed by atoms with Gasteiger partial charge in [-0.15, -0.1) is 0 Å². The van der Waals surface area contributed by atoms with Crippen LogP contribution in [0, 0.1) is 11.7 Å². The highest BCUT2D eigenvalue weighted by Crippen LogP contribution is 2.32. The number of para-hydroxylation sites is 1. The number of likely N-dealkylation sites (tertiary alicyclic amines) is 1. The van der Waals surface area contributed by atoms with Gasteiger partial charge in [0.15, 0.2) is 5.78 Å². The third-order valence-corrected chi connectivity index (χ3v) is 7.42. The molecule has 37 heavy (non-hydrogen) atoms. The average Bonchev–Trinajstić information content (AvgIpc) is 3.50. The molecule has 0 bridgehead atoms. The van der Waals surface area contributed by atoms with Crippen LogP contribution in [0.4, 0.5) is 4.39 Å². The number of rotatable bonds is 9. The van der Waals surface area contributed by atoms with E-state index < -0.39 is 23.9 Å². The predicted octanol–water partition coefficient (Wildman–Crippen LogP) is 4.35. The van der Waals surface area contributed by atoms with E-state index in [1.165, 1.54) is 13.0 Å². The minimum atomic E-state index is -0.831. The first-order valence-electron chi connectivity index (χ1n) is 12.5. The monoisotopic (exact) mass is 525 g/mol. The summed E-state index contributed by atoms with van der Waals surface area (Å²) in [4.78, 5) is 40.6. The fraction of sp³-hybridized carbons (Fsp3) is 0.393. The Bertz CT molecular complexity index is 1350. The molecule has 0 radical (unpaired) electrons. The average molecular weight is 526 g/mol. The number of fused-ring (bicyclic) bond motifs is 1. The molecule has 0 spiro atoms. The van der Waals surface area contributed by atoms with E-state index in [1.807, 2.05) is 24.3 Å². The van der Waals surface area contributed by atoms with E-state index in [4.69, 9.17) is 16.3 Å². The second-order valence-electron chi connectivity index (χ2n) is 9.81. The molecule has 2 amide bonds. The first-order valence-corrected chi connectivity index (χ1v) is 12.9. The van der Waals surface area contributed by atoms with Crippen LogP contribution in [0.5, 0.6) is 0 Å². The number of Topliss-reactive ketones (excluding diaryl/α,β-unsaturated/α-hetero) is 1. The Labute approximate surface area is 219 Å². The molecule has 2 fully saturated rings. The molecular weight excluding hydrogens is 497 g/mol. The van der Waals surface area contributed by atoms with E-state index in [0.29, 0.717) is 31.1 Å². The standard InChI is InChI=1S/C28H29ClFN3O4/c1-17(34)21-14-32(23-8-3-2-6-20(21)23)15-25(35)33-12-11-24(37-16-18-9-10-18)27(33)28(36)31-13-19-5-4-7-22(29)26(19)30/h2-8,14,18,24,27H,9-13,15-16H2,1H3,(H,31,36)/t24-,27+/m1/s1. The zero-order valence-corrected chi connectivity index (χ0v) is 21.3. The number of halogens is 2. The first kappa shape index (κ1) is 25.4. The number of hydrogen-bond donors (Lipinski definition) is 1. The van der Waals surface area contributed by atoms with Crippen LogP contribution < -0.4 is 5.32 Å². The minimum absolute atomic E-state index is 0.0149. The van der Waals surface area contributed by atoms with Crippen molar-refractivity contribution in [1.82, 2.24) is 14.8 Å². The van der Waals surface area contributed by atoms with Crippen molar-refractivity contribution in [3.05, 3.63) is 70.6 Å². The second kappa shape index (κ2) is 10.6. The maximum atomic E-state index is 14.4. The summed E-state index contributed by atoms with van der Waals surface area (Å²) in [5.41, 5.74) is 1.59. The van der Waals surface area contributed by atoms with E-state index in [-0.39, 0.29) is 35.4 Å². The van der Waals surface area contributed by atoms with Crippen LogP contribution >= 0.6 is 11.6 Å². The Morgan fingerprint density at radius 2 is 1.89 bits per heavy atom. The Kier molecular flexibility index (Phi) is 7.31. The molecule has 1 aromatic heterocycles. The highest BCUT2D eigenvalue weighted by Gasteiger charge is 2.43. The highest BCUT2D eigenvalue weighted by molar-refractivity contribution is 6.30. The van der Waals surface area contributed by atoms with Crippen molar-refractivity contribution in [2.24, 2.45) is 5.92 Å². The van der Waals surface area contributed by atoms with Gasteiger partial charge in [0.1, 0.15) is 18.4 Å². The number of hydrogen-bond acceptors (Lipinski definition) is 4. The number of amides is 2. The summed E-state index contributed by atoms with van der Waals surface area (Å²) in [7, 11) is 0. The van der Waals surface area contributed by atoms with Crippen molar-refractivity contribution in [2.75, 3.05) is 13.2 Å². The van der Waals surface area contributed by atoms with Crippen molar-refractivity contribution >= 4 is 40.1 Å². The molecule has 1 saturated heterocycles. The van der Waals surface area contributed by atoms with Crippen molar-refractivity contribution < 1.29 is 23.5 Å². The lowest BCUT2D eigenvalue weighted by Gasteiger charge is -2.28. The molecule has 2 aromatic carbocycles. The molecule has 9 heteroatoms. The molecule has 1 aliphatic carbocycles. The number of ketones is 1. The van der Waals surface area contributed by atoms with Gasteiger partial charge >= 0.3 is 0 Å². The van der Waals surface area contributed by atoms with E-state index in [2.05, 4.69) is 5.32 Å². The smallest absolute Gasteiger partial charge is 0.245 e. The number of aromatic nitrogens is 1. The van der Waals surface area contributed by atoms with Gasteiger partial charge in [-0.25, -0.2) is 4.39 Å². The molecule has 7 nitrogen and oxygen atoms in total. The Morgan fingerprint density at radius 3 is 2.65 bits per heavy atom. The predicted molar refractivity (Wildman–Crippen MR) is 138 cm³/mol. The van der Waals surface area contributed by atoms with E-state index in [1.54, 1.807) is 27.8 Å². The zero-order valence-electron chi connectivity index (χ0n) is 20.6. The fourth-order valence-electron chi connectivity index (χ4n) is 4.94. The molecule has 1 aliphatic heterocycles. The number of carbonyl (C=O) groups is 3. The largest absolute Gasteiger partial charge is 0.375 e. The first-order chi connectivity index (χ1) is 17.8. The molecule has 2 heterocycles. The van der Waals surface area contributed by atoms with Gasteiger partial charge in [0.05, 0.1) is 11.1 Å². The fourth-order valence-corrected chi connectivity index (χ4v) is 5.13. The van der Waals surface area contributed by atoms with Crippen LogP contribution in [0.1, 0.15) is 42.1 Å². The zero-order chi connectivity index (χ0) is 26.1. The summed E-state index contributed by atoms with van der Waals surface area (Å²) in [6.07, 6.45) is 4.01. The van der Waals surface area contributed by atoms with Crippen molar-refractivity contribution in [2.45, 2.75) is 51.4 Å². The van der Waals surface area contributed by atoms with Gasteiger partial charge in [-0.1, -0.05) is 41.9 Å². The lowest BCUT2D eigenvalue weighted by Crippen LogP contribution is -2.51.